The van der Waals surface area contributed by atoms with Crippen molar-refractivity contribution in [1.82, 2.24) is 4.57 Å². The molecule has 2 rings (SSSR count). The Morgan fingerprint density at radius 2 is 1.94 bits per heavy atom. The van der Waals surface area contributed by atoms with Gasteiger partial charge in [-0.05, 0) is 25.3 Å². The topological polar surface area (TPSA) is 76.4 Å². The molecule has 0 radical (unpaired) electrons. The number of ketones is 2. The molecule has 2 heterocycles. The summed E-state index contributed by atoms with van der Waals surface area (Å²) in [6.45, 7) is 3.40. The third kappa shape index (κ3) is 1.58. The molecule has 0 aliphatic carbocycles. The van der Waals surface area contributed by atoms with Gasteiger partial charge in [-0.1, -0.05) is 0 Å². The Balaban J connectivity index is 2.69. The van der Waals surface area contributed by atoms with E-state index in [1.165, 1.54) is 6.92 Å². The summed E-state index contributed by atoms with van der Waals surface area (Å²) in [4.78, 5) is 34.1. The van der Waals surface area contributed by atoms with Crippen molar-refractivity contribution in [2.45, 2.75) is 33.2 Å². The van der Waals surface area contributed by atoms with E-state index in [1.54, 1.807) is 11.5 Å². The van der Waals surface area contributed by atoms with E-state index in [0.29, 0.717) is 24.2 Å². The number of rotatable bonds is 3. The summed E-state index contributed by atoms with van der Waals surface area (Å²) in [5.74, 6) is -2.19. The molecule has 1 aromatic rings. The van der Waals surface area contributed by atoms with E-state index in [0.717, 1.165) is 6.42 Å². The van der Waals surface area contributed by atoms with Crippen molar-refractivity contribution >= 4 is 17.5 Å². The van der Waals surface area contributed by atoms with Gasteiger partial charge in [-0.3, -0.25) is 9.59 Å². The number of carboxylic acid groups (broad SMARTS) is 1. The Bertz CT molecular complexity index is 539. The van der Waals surface area contributed by atoms with Crippen molar-refractivity contribution in [3.05, 3.63) is 22.5 Å². The molecule has 0 saturated carbocycles. The number of carboxylic acids is 1. The zero-order valence-electron chi connectivity index (χ0n) is 9.74. The van der Waals surface area contributed by atoms with Gasteiger partial charge in [0, 0.05) is 19.2 Å². The molecule has 90 valence electrons. The lowest BCUT2D eigenvalue weighted by Gasteiger charge is -2.03. The lowest BCUT2D eigenvalue weighted by atomic mass is 10.0. The first-order chi connectivity index (χ1) is 7.95. The Morgan fingerprint density at radius 3 is 2.47 bits per heavy atom. The van der Waals surface area contributed by atoms with Crippen molar-refractivity contribution in [3.63, 3.8) is 0 Å². The second-order valence-electron chi connectivity index (χ2n) is 4.24. The fourth-order valence-electron chi connectivity index (χ4n) is 2.46. The molecule has 1 aliphatic rings. The van der Waals surface area contributed by atoms with Crippen molar-refractivity contribution in [3.8, 4) is 0 Å². The quantitative estimate of drug-likeness (QED) is 0.631. The third-order valence-corrected chi connectivity index (χ3v) is 3.16. The van der Waals surface area contributed by atoms with Crippen LogP contribution in [0.25, 0.3) is 0 Å². The minimum atomic E-state index is -1.03. The predicted octanol–water partition coefficient (Wildman–Crippen LogP) is 1.21. The smallest absolute Gasteiger partial charge is 0.337 e. The third-order valence-electron chi connectivity index (χ3n) is 3.16. The minimum absolute atomic E-state index is 0.187. The largest absolute Gasteiger partial charge is 0.478 e. The Labute approximate surface area is 98.0 Å². The lowest BCUT2D eigenvalue weighted by molar-refractivity contribution is -0.113. The van der Waals surface area contributed by atoms with Crippen LogP contribution in [0.15, 0.2) is 0 Å². The van der Waals surface area contributed by atoms with Gasteiger partial charge in [0.25, 0.3) is 0 Å². The van der Waals surface area contributed by atoms with Crippen LogP contribution in [-0.2, 0) is 17.8 Å². The van der Waals surface area contributed by atoms with Gasteiger partial charge < -0.3 is 9.67 Å². The fourth-order valence-corrected chi connectivity index (χ4v) is 2.46. The van der Waals surface area contributed by atoms with Crippen LogP contribution in [0.5, 0.6) is 0 Å². The van der Waals surface area contributed by atoms with Crippen LogP contribution < -0.4 is 0 Å². The number of hydrogen-bond acceptors (Lipinski definition) is 3. The molecule has 1 aliphatic heterocycles. The molecular formula is C12H13NO4. The highest BCUT2D eigenvalue weighted by Crippen LogP contribution is 2.29. The van der Waals surface area contributed by atoms with Crippen LogP contribution in [0.2, 0.25) is 0 Å². The van der Waals surface area contributed by atoms with Crippen molar-refractivity contribution < 1.29 is 19.5 Å². The summed E-state index contributed by atoms with van der Waals surface area (Å²) in [5.41, 5.74) is 1.52. The van der Waals surface area contributed by atoms with Crippen molar-refractivity contribution in [2.75, 3.05) is 0 Å². The van der Waals surface area contributed by atoms with E-state index < -0.39 is 17.5 Å². The normalized spacial score (nSPS) is 13.5. The molecule has 0 amide bonds. The highest BCUT2D eigenvalue weighted by Gasteiger charge is 2.31. The predicted molar refractivity (Wildman–Crippen MR) is 59.5 cm³/mol. The second-order valence-corrected chi connectivity index (χ2v) is 4.24. The average Bonchev–Trinajstić information content (AvgIpc) is 2.74. The Kier molecular flexibility index (Phi) is 2.61. The maximum atomic E-state index is 11.8. The number of Topliss-reactive ketones (excluding diaryl/α,β-unsaturated/α-hetero) is 2. The van der Waals surface area contributed by atoms with E-state index in [2.05, 4.69) is 0 Å². The second kappa shape index (κ2) is 3.84. The summed E-state index contributed by atoms with van der Waals surface area (Å²) >= 11 is 0. The molecule has 0 bridgehead atoms. The number of aromatic carboxylic acids is 1. The summed E-state index contributed by atoms with van der Waals surface area (Å²) in [6, 6.07) is 0. The average molecular weight is 235 g/mol. The van der Waals surface area contributed by atoms with Gasteiger partial charge in [-0.2, -0.15) is 0 Å². The molecule has 0 spiro atoms. The molecule has 0 atom stereocenters. The van der Waals surface area contributed by atoms with Crippen LogP contribution in [0, 0.1) is 6.92 Å². The standard InChI is InChI=1S/C12H13NO4/c1-6-9(12(16)17)8-4-3-5-13(8)10(6)11(15)7(2)14/h3-5H2,1-2H3,(H,16,17). The number of nitrogens with zero attached hydrogens (tertiary/aromatic N) is 1. The van der Waals surface area contributed by atoms with E-state index >= 15 is 0 Å². The molecule has 5 heteroatoms. The van der Waals surface area contributed by atoms with Gasteiger partial charge in [-0.25, -0.2) is 4.79 Å². The molecule has 1 aromatic heterocycles. The van der Waals surface area contributed by atoms with E-state index in [9.17, 15) is 14.4 Å². The zero-order valence-corrected chi connectivity index (χ0v) is 9.74. The van der Waals surface area contributed by atoms with Crippen LogP contribution in [0.1, 0.15) is 45.4 Å². The first kappa shape index (κ1) is 11.6. The molecule has 0 fully saturated rings. The number of carbonyl (C=O) groups is 3. The SMILES string of the molecule is CC(=O)C(=O)c1c(C)c(C(=O)O)c2n1CCC2. The Hall–Kier alpha value is -1.91. The maximum Gasteiger partial charge on any atom is 0.337 e. The van der Waals surface area contributed by atoms with Crippen LogP contribution >= 0.6 is 0 Å². The van der Waals surface area contributed by atoms with E-state index in [1.807, 2.05) is 0 Å². The molecule has 1 N–H and O–H groups in total. The van der Waals surface area contributed by atoms with Gasteiger partial charge >= 0.3 is 5.97 Å². The lowest BCUT2D eigenvalue weighted by Crippen LogP contribution is -2.16. The zero-order chi connectivity index (χ0) is 12.7. The molecular weight excluding hydrogens is 222 g/mol. The molecule has 0 saturated heterocycles. The number of fused-ring (bicyclic) bond motifs is 1. The highest BCUT2D eigenvalue weighted by molar-refractivity contribution is 6.43. The molecule has 5 nitrogen and oxygen atoms in total. The van der Waals surface area contributed by atoms with E-state index in [4.69, 9.17) is 5.11 Å². The Morgan fingerprint density at radius 1 is 1.29 bits per heavy atom. The summed E-state index contributed by atoms with van der Waals surface area (Å²) in [5, 5.41) is 9.15. The number of hydrogen-bond donors (Lipinski definition) is 1. The number of carbonyl (C=O) groups excluding carboxylic acids is 2. The van der Waals surface area contributed by atoms with Crippen molar-refractivity contribution in [1.29, 1.82) is 0 Å². The first-order valence-electron chi connectivity index (χ1n) is 5.45. The van der Waals surface area contributed by atoms with Gasteiger partial charge in [0.15, 0.2) is 0 Å². The van der Waals surface area contributed by atoms with Crippen LogP contribution in [-0.4, -0.2) is 27.2 Å². The maximum absolute atomic E-state index is 11.8. The highest BCUT2D eigenvalue weighted by atomic mass is 16.4. The minimum Gasteiger partial charge on any atom is -0.478 e. The monoisotopic (exact) mass is 235 g/mol. The summed E-state index contributed by atoms with van der Waals surface area (Å²) in [6.07, 6.45) is 1.46. The van der Waals surface area contributed by atoms with Gasteiger partial charge in [0.2, 0.25) is 11.6 Å². The van der Waals surface area contributed by atoms with Gasteiger partial charge in [0.1, 0.15) is 0 Å². The molecule has 0 aromatic carbocycles. The van der Waals surface area contributed by atoms with Gasteiger partial charge in [-0.15, -0.1) is 0 Å². The summed E-state index contributed by atoms with van der Waals surface area (Å²) < 4.78 is 1.68. The molecule has 0 unspecified atom stereocenters. The first-order valence-corrected chi connectivity index (χ1v) is 5.45. The van der Waals surface area contributed by atoms with Gasteiger partial charge in [0.05, 0.1) is 11.3 Å². The van der Waals surface area contributed by atoms with Crippen LogP contribution in [0.4, 0.5) is 0 Å². The van der Waals surface area contributed by atoms with Crippen molar-refractivity contribution in [2.24, 2.45) is 0 Å². The van der Waals surface area contributed by atoms with Crippen LogP contribution in [0.3, 0.4) is 0 Å². The summed E-state index contributed by atoms with van der Waals surface area (Å²) in [7, 11) is 0. The molecule has 17 heavy (non-hydrogen) atoms. The fraction of sp³-hybridized carbons (Fsp3) is 0.417. The van der Waals surface area contributed by atoms with E-state index in [-0.39, 0.29) is 11.3 Å². The number of aromatic nitrogens is 1.